The first-order valence-electron chi connectivity index (χ1n) is 4.78. The Morgan fingerprint density at radius 1 is 1.25 bits per heavy atom. The van der Waals surface area contributed by atoms with E-state index in [1.165, 1.54) is 0 Å². The maximum atomic E-state index is 5.75. The summed E-state index contributed by atoms with van der Waals surface area (Å²) in [5.41, 5.74) is 0.219. The molecule has 0 aliphatic rings. The highest BCUT2D eigenvalue weighted by Gasteiger charge is 2.23. The van der Waals surface area contributed by atoms with E-state index in [1.807, 2.05) is 0 Å². The van der Waals surface area contributed by atoms with Gasteiger partial charge in [-0.1, -0.05) is 41.5 Å². The van der Waals surface area contributed by atoms with Crippen LogP contribution in [0.2, 0.25) is 0 Å². The van der Waals surface area contributed by atoms with Gasteiger partial charge >= 0.3 is 0 Å². The summed E-state index contributed by atoms with van der Waals surface area (Å²) in [7, 11) is 0. The zero-order valence-electron chi connectivity index (χ0n) is 9.18. The quantitative estimate of drug-likeness (QED) is 0.630. The van der Waals surface area contributed by atoms with Crippen molar-refractivity contribution < 1.29 is 4.74 Å². The Bertz CT molecular complexity index is 111. The third kappa shape index (κ3) is 4.76. The Morgan fingerprint density at radius 3 is 2.00 bits per heavy atom. The van der Waals surface area contributed by atoms with Gasteiger partial charge in [-0.2, -0.15) is 0 Å². The minimum atomic E-state index is 0.219. The smallest absolute Gasteiger partial charge is 0.0623 e. The van der Waals surface area contributed by atoms with Gasteiger partial charge in [-0.15, -0.1) is 0 Å². The van der Waals surface area contributed by atoms with Gasteiger partial charge in [0.05, 0.1) is 6.10 Å². The van der Waals surface area contributed by atoms with E-state index in [-0.39, 0.29) is 5.41 Å². The molecule has 0 aromatic rings. The third-order valence-electron chi connectivity index (χ3n) is 1.86. The fourth-order valence-electron chi connectivity index (χ4n) is 1.07. The van der Waals surface area contributed by atoms with Crippen LogP contribution in [0.15, 0.2) is 0 Å². The molecular weight excluding hydrogens is 148 g/mol. The lowest BCUT2D eigenvalue weighted by molar-refractivity contribution is -0.0273. The second-order valence-electron chi connectivity index (χ2n) is 4.87. The number of rotatable bonds is 4. The molecule has 0 bridgehead atoms. The van der Waals surface area contributed by atoms with Gasteiger partial charge in [-0.3, -0.25) is 0 Å². The molecule has 0 aliphatic heterocycles. The summed E-state index contributed by atoms with van der Waals surface area (Å²) in [5, 5.41) is 0. The van der Waals surface area contributed by atoms with Gasteiger partial charge in [0.15, 0.2) is 0 Å². The van der Waals surface area contributed by atoms with E-state index >= 15 is 0 Å². The molecule has 0 saturated carbocycles. The summed E-state index contributed by atoms with van der Waals surface area (Å²) in [6.07, 6.45) is 1.15. The van der Waals surface area contributed by atoms with Crippen LogP contribution in [0.1, 0.15) is 41.0 Å². The minimum Gasteiger partial charge on any atom is -0.377 e. The molecule has 0 amide bonds. The van der Waals surface area contributed by atoms with Crippen LogP contribution >= 0.6 is 0 Å². The molecule has 0 aromatic heterocycles. The van der Waals surface area contributed by atoms with Crippen LogP contribution in [0.25, 0.3) is 0 Å². The van der Waals surface area contributed by atoms with Crippen molar-refractivity contribution in [1.82, 2.24) is 0 Å². The van der Waals surface area contributed by atoms with Crippen molar-refractivity contribution in [2.45, 2.75) is 47.1 Å². The maximum Gasteiger partial charge on any atom is 0.0623 e. The first kappa shape index (κ1) is 12.0. The number of hydrogen-bond donors (Lipinski definition) is 0. The fourth-order valence-corrected chi connectivity index (χ4v) is 1.07. The summed E-state index contributed by atoms with van der Waals surface area (Å²) >= 11 is 0. The van der Waals surface area contributed by atoms with Crippen LogP contribution in [-0.4, -0.2) is 12.7 Å². The topological polar surface area (TPSA) is 9.23 Å². The average molecular weight is 171 g/mol. The van der Waals surface area contributed by atoms with Crippen LogP contribution in [0.5, 0.6) is 0 Å². The van der Waals surface area contributed by atoms with E-state index in [1.54, 1.807) is 0 Å². The summed E-state index contributed by atoms with van der Waals surface area (Å²) < 4.78 is 5.75. The molecule has 0 saturated heterocycles. The molecule has 0 aliphatic carbocycles. The van der Waals surface area contributed by atoms with E-state index in [2.05, 4.69) is 41.5 Å². The second kappa shape index (κ2) is 4.86. The molecule has 1 radical (unpaired) electrons. The van der Waals surface area contributed by atoms with Crippen molar-refractivity contribution in [2.75, 3.05) is 6.61 Å². The highest BCUT2D eigenvalue weighted by Crippen LogP contribution is 2.24. The Balaban J connectivity index is 3.84. The van der Waals surface area contributed by atoms with Crippen LogP contribution < -0.4 is 0 Å². The molecule has 0 rings (SSSR count). The molecule has 0 aromatic carbocycles. The number of hydrogen-bond acceptors (Lipinski definition) is 1. The normalized spacial score (nSPS) is 15.2. The predicted molar refractivity (Wildman–Crippen MR) is 54.0 cm³/mol. The minimum absolute atomic E-state index is 0.219. The average Bonchev–Trinajstić information content (AvgIpc) is 1.85. The van der Waals surface area contributed by atoms with Crippen molar-refractivity contribution in [3.05, 3.63) is 6.92 Å². The van der Waals surface area contributed by atoms with Crippen LogP contribution in [0.3, 0.4) is 0 Å². The van der Waals surface area contributed by atoms with Gasteiger partial charge < -0.3 is 4.74 Å². The van der Waals surface area contributed by atoms with Crippen molar-refractivity contribution in [2.24, 2.45) is 11.3 Å². The molecule has 1 heteroatoms. The molecule has 12 heavy (non-hydrogen) atoms. The van der Waals surface area contributed by atoms with E-state index < -0.39 is 0 Å². The van der Waals surface area contributed by atoms with Crippen molar-refractivity contribution in [3.8, 4) is 0 Å². The SMILES string of the molecule is [CH2]CC(OCC(C)C)C(C)(C)C. The molecule has 0 heterocycles. The highest BCUT2D eigenvalue weighted by atomic mass is 16.5. The summed E-state index contributed by atoms with van der Waals surface area (Å²) in [5.74, 6) is 0.612. The lowest BCUT2D eigenvalue weighted by Crippen LogP contribution is -2.29. The van der Waals surface area contributed by atoms with E-state index in [0.717, 1.165) is 13.0 Å². The predicted octanol–water partition coefficient (Wildman–Crippen LogP) is 3.30. The van der Waals surface area contributed by atoms with Crippen molar-refractivity contribution in [3.63, 3.8) is 0 Å². The summed E-state index contributed by atoms with van der Waals surface area (Å²) in [6.45, 7) is 15.7. The molecule has 1 atom stereocenters. The first-order chi connectivity index (χ1) is 5.38. The van der Waals surface area contributed by atoms with Gasteiger partial charge in [-0.05, 0) is 17.8 Å². The fraction of sp³-hybridized carbons (Fsp3) is 0.909. The molecule has 1 unspecified atom stereocenters. The monoisotopic (exact) mass is 171 g/mol. The molecule has 0 N–H and O–H groups in total. The zero-order valence-corrected chi connectivity index (χ0v) is 9.18. The van der Waals surface area contributed by atoms with Crippen LogP contribution in [-0.2, 0) is 4.74 Å². The van der Waals surface area contributed by atoms with E-state index in [4.69, 9.17) is 4.74 Å². The first-order valence-corrected chi connectivity index (χ1v) is 4.78. The van der Waals surface area contributed by atoms with Gasteiger partial charge in [0, 0.05) is 6.61 Å². The Labute approximate surface area is 77.5 Å². The zero-order chi connectivity index (χ0) is 9.78. The Hall–Kier alpha value is -0.0400. The van der Waals surface area contributed by atoms with E-state index in [0.29, 0.717) is 12.0 Å². The van der Waals surface area contributed by atoms with Crippen molar-refractivity contribution >= 4 is 0 Å². The lowest BCUT2D eigenvalue weighted by Gasteiger charge is -2.30. The van der Waals surface area contributed by atoms with Gasteiger partial charge in [-0.25, -0.2) is 0 Å². The van der Waals surface area contributed by atoms with Gasteiger partial charge in [0.1, 0.15) is 0 Å². The van der Waals surface area contributed by atoms with E-state index in [9.17, 15) is 0 Å². The maximum absolute atomic E-state index is 5.75. The lowest BCUT2D eigenvalue weighted by atomic mass is 9.87. The number of ether oxygens (including phenoxy) is 1. The summed E-state index contributed by atoms with van der Waals surface area (Å²) in [4.78, 5) is 0. The van der Waals surface area contributed by atoms with Crippen LogP contribution in [0.4, 0.5) is 0 Å². The van der Waals surface area contributed by atoms with Gasteiger partial charge in [0.2, 0.25) is 0 Å². The Morgan fingerprint density at radius 2 is 1.75 bits per heavy atom. The highest BCUT2D eigenvalue weighted by molar-refractivity contribution is 4.75. The molecular formula is C11H23O. The Kier molecular flexibility index (Phi) is 4.84. The summed E-state index contributed by atoms with van der Waals surface area (Å²) in [6, 6.07) is 0. The molecule has 1 nitrogen and oxygen atoms in total. The molecule has 0 spiro atoms. The second-order valence-corrected chi connectivity index (χ2v) is 4.87. The molecule has 73 valence electrons. The third-order valence-corrected chi connectivity index (χ3v) is 1.86. The largest absolute Gasteiger partial charge is 0.377 e. The van der Waals surface area contributed by atoms with Crippen molar-refractivity contribution in [1.29, 1.82) is 0 Å². The standard InChI is InChI=1S/C11H23O/c1-7-10(11(4,5)6)12-8-9(2)3/h9-10H,1,7-8H2,2-6H3. The molecule has 0 fully saturated rings. The van der Waals surface area contributed by atoms with Crippen LogP contribution in [0, 0.1) is 18.3 Å². The van der Waals surface area contributed by atoms with Gasteiger partial charge in [0.25, 0.3) is 0 Å².